The first kappa shape index (κ1) is 9.54. The number of rotatable bonds is 3. The summed E-state index contributed by atoms with van der Waals surface area (Å²) in [7, 11) is 1.49. The van der Waals surface area contributed by atoms with E-state index in [1.54, 1.807) is 0 Å². The highest BCUT2D eigenvalue weighted by molar-refractivity contribution is 5.59. The van der Waals surface area contributed by atoms with Gasteiger partial charge < -0.3 is 9.57 Å². The molecule has 70 valence electrons. The fourth-order valence-electron chi connectivity index (χ4n) is 0.829. The quantitative estimate of drug-likeness (QED) is 0.566. The van der Waals surface area contributed by atoms with Gasteiger partial charge in [-0.15, -0.1) is 0 Å². The second kappa shape index (κ2) is 5.16. The SMILES string of the molecule is CNOC(=O)OCc1ccccc1. The number of nitrogens with one attached hydrogen (secondary N) is 1. The summed E-state index contributed by atoms with van der Waals surface area (Å²) in [6, 6.07) is 9.39. The van der Waals surface area contributed by atoms with Crippen LogP contribution in [0.1, 0.15) is 5.56 Å². The lowest BCUT2D eigenvalue weighted by molar-refractivity contribution is 0.0198. The van der Waals surface area contributed by atoms with Gasteiger partial charge in [0.1, 0.15) is 6.61 Å². The molecule has 0 aliphatic carbocycles. The number of hydrogen-bond acceptors (Lipinski definition) is 4. The molecule has 0 aromatic heterocycles. The Morgan fingerprint density at radius 3 is 2.69 bits per heavy atom. The van der Waals surface area contributed by atoms with Gasteiger partial charge >= 0.3 is 6.16 Å². The Morgan fingerprint density at radius 2 is 2.08 bits per heavy atom. The Bertz CT molecular complexity index is 261. The molecule has 0 bridgehead atoms. The second-order valence-corrected chi connectivity index (χ2v) is 2.33. The van der Waals surface area contributed by atoms with E-state index in [1.165, 1.54) is 7.05 Å². The van der Waals surface area contributed by atoms with Crippen LogP contribution in [0.3, 0.4) is 0 Å². The topological polar surface area (TPSA) is 47.6 Å². The minimum Gasteiger partial charge on any atom is -0.428 e. The first-order valence-corrected chi connectivity index (χ1v) is 3.87. The molecule has 4 heteroatoms. The molecule has 1 rings (SSSR count). The van der Waals surface area contributed by atoms with Gasteiger partial charge in [-0.1, -0.05) is 30.3 Å². The monoisotopic (exact) mass is 181 g/mol. The first-order valence-electron chi connectivity index (χ1n) is 3.87. The molecule has 13 heavy (non-hydrogen) atoms. The van der Waals surface area contributed by atoms with E-state index >= 15 is 0 Å². The van der Waals surface area contributed by atoms with Crippen LogP contribution in [0.15, 0.2) is 30.3 Å². The van der Waals surface area contributed by atoms with Crippen LogP contribution in [0.25, 0.3) is 0 Å². The van der Waals surface area contributed by atoms with Gasteiger partial charge in [0, 0.05) is 7.05 Å². The molecule has 0 spiro atoms. The summed E-state index contributed by atoms with van der Waals surface area (Å²) in [6.45, 7) is 0.224. The van der Waals surface area contributed by atoms with E-state index in [0.717, 1.165) is 5.56 Å². The maximum absolute atomic E-state index is 10.7. The highest BCUT2D eigenvalue weighted by atomic mass is 16.8. The maximum atomic E-state index is 10.7. The second-order valence-electron chi connectivity index (χ2n) is 2.33. The zero-order chi connectivity index (χ0) is 9.52. The van der Waals surface area contributed by atoms with E-state index in [1.807, 2.05) is 30.3 Å². The zero-order valence-electron chi connectivity index (χ0n) is 7.32. The Kier molecular flexibility index (Phi) is 3.78. The van der Waals surface area contributed by atoms with Crippen LogP contribution >= 0.6 is 0 Å². The fraction of sp³-hybridized carbons (Fsp3) is 0.222. The molecular weight excluding hydrogens is 170 g/mol. The van der Waals surface area contributed by atoms with Crippen LogP contribution in [-0.2, 0) is 16.2 Å². The molecule has 1 aromatic carbocycles. The van der Waals surface area contributed by atoms with Crippen molar-refractivity contribution in [1.82, 2.24) is 5.48 Å². The van der Waals surface area contributed by atoms with Crippen molar-refractivity contribution >= 4 is 6.16 Å². The molecule has 1 N–H and O–H groups in total. The van der Waals surface area contributed by atoms with E-state index in [4.69, 9.17) is 4.74 Å². The molecule has 0 saturated carbocycles. The van der Waals surface area contributed by atoms with Gasteiger partial charge in [0.25, 0.3) is 0 Å². The van der Waals surface area contributed by atoms with Crippen molar-refractivity contribution in [1.29, 1.82) is 0 Å². The summed E-state index contributed by atoms with van der Waals surface area (Å²) >= 11 is 0. The molecule has 0 unspecified atom stereocenters. The number of benzene rings is 1. The van der Waals surface area contributed by atoms with Crippen LogP contribution in [0.4, 0.5) is 4.79 Å². The smallest absolute Gasteiger partial charge is 0.428 e. The van der Waals surface area contributed by atoms with Gasteiger partial charge in [-0.25, -0.2) is 4.79 Å². The fourth-order valence-corrected chi connectivity index (χ4v) is 0.829. The lowest BCUT2D eigenvalue weighted by Gasteiger charge is -2.03. The van der Waals surface area contributed by atoms with Crippen molar-refractivity contribution in [3.63, 3.8) is 0 Å². The third kappa shape index (κ3) is 3.57. The van der Waals surface area contributed by atoms with Gasteiger partial charge in [0.15, 0.2) is 0 Å². The van der Waals surface area contributed by atoms with Crippen molar-refractivity contribution in [3.05, 3.63) is 35.9 Å². The minimum absolute atomic E-state index is 0.224. The largest absolute Gasteiger partial charge is 0.528 e. The number of hydrogen-bond donors (Lipinski definition) is 1. The Balaban J connectivity index is 2.31. The number of ether oxygens (including phenoxy) is 1. The number of carbonyl (C=O) groups is 1. The molecule has 0 saturated heterocycles. The van der Waals surface area contributed by atoms with Crippen molar-refractivity contribution in [3.8, 4) is 0 Å². The summed E-state index contributed by atoms with van der Waals surface area (Å²) in [5.74, 6) is 0. The molecule has 0 aliphatic heterocycles. The zero-order valence-corrected chi connectivity index (χ0v) is 7.32. The predicted octanol–water partition coefficient (Wildman–Crippen LogP) is 1.47. The highest BCUT2D eigenvalue weighted by Gasteiger charge is 2.01. The van der Waals surface area contributed by atoms with Crippen molar-refractivity contribution < 1.29 is 14.4 Å². The van der Waals surface area contributed by atoms with E-state index in [-0.39, 0.29) is 6.61 Å². The summed E-state index contributed by atoms with van der Waals surface area (Å²) in [5, 5.41) is 0. The van der Waals surface area contributed by atoms with Crippen LogP contribution in [0, 0.1) is 0 Å². The van der Waals surface area contributed by atoms with Crippen molar-refractivity contribution in [2.75, 3.05) is 7.05 Å². The van der Waals surface area contributed by atoms with Crippen molar-refractivity contribution in [2.45, 2.75) is 6.61 Å². The standard InChI is InChI=1S/C9H11NO3/c1-10-13-9(11)12-7-8-5-3-2-4-6-8/h2-6,10H,7H2,1H3. The lowest BCUT2D eigenvalue weighted by atomic mass is 10.2. The average Bonchev–Trinajstić information content (AvgIpc) is 2.17. The molecule has 0 atom stereocenters. The Labute approximate surface area is 76.4 Å². The molecular formula is C9H11NO3. The molecule has 0 radical (unpaired) electrons. The number of hydroxylamine groups is 1. The molecule has 4 nitrogen and oxygen atoms in total. The third-order valence-corrected chi connectivity index (χ3v) is 1.38. The summed E-state index contributed by atoms with van der Waals surface area (Å²) in [4.78, 5) is 15.1. The molecule has 1 aromatic rings. The first-order chi connectivity index (χ1) is 6.33. The summed E-state index contributed by atoms with van der Waals surface area (Å²) < 4.78 is 4.74. The molecule has 0 amide bonds. The van der Waals surface area contributed by atoms with Gasteiger partial charge in [0.05, 0.1) is 0 Å². The summed E-state index contributed by atoms with van der Waals surface area (Å²) in [5.41, 5.74) is 3.16. The van der Waals surface area contributed by atoms with Crippen LogP contribution in [0.5, 0.6) is 0 Å². The lowest BCUT2D eigenvalue weighted by Crippen LogP contribution is -2.16. The van der Waals surface area contributed by atoms with Gasteiger partial charge in [0.2, 0.25) is 0 Å². The van der Waals surface area contributed by atoms with Gasteiger partial charge in [-0.05, 0) is 5.56 Å². The molecule has 0 heterocycles. The van der Waals surface area contributed by atoms with E-state index < -0.39 is 6.16 Å². The highest BCUT2D eigenvalue weighted by Crippen LogP contribution is 2.00. The normalized spacial score (nSPS) is 9.31. The molecule has 0 fully saturated rings. The van der Waals surface area contributed by atoms with Crippen molar-refractivity contribution in [2.24, 2.45) is 0 Å². The Morgan fingerprint density at radius 1 is 1.38 bits per heavy atom. The van der Waals surface area contributed by atoms with Crippen LogP contribution in [-0.4, -0.2) is 13.2 Å². The average molecular weight is 181 g/mol. The Hall–Kier alpha value is -1.55. The van der Waals surface area contributed by atoms with Crippen LogP contribution < -0.4 is 5.48 Å². The third-order valence-electron chi connectivity index (χ3n) is 1.38. The van der Waals surface area contributed by atoms with Gasteiger partial charge in [-0.3, -0.25) is 0 Å². The predicted molar refractivity (Wildman–Crippen MR) is 46.8 cm³/mol. The van der Waals surface area contributed by atoms with Gasteiger partial charge in [-0.2, -0.15) is 5.48 Å². The van der Waals surface area contributed by atoms with E-state index in [9.17, 15) is 4.79 Å². The number of carbonyl (C=O) groups excluding carboxylic acids is 1. The van der Waals surface area contributed by atoms with Crippen LogP contribution in [0.2, 0.25) is 0 Å². The molecule has 0 aliphatic rings. The minimum atomic E-state index is -0.730. The van der Waals surface area contributed by atoms with E-state index in [2.05, 4.69) is 10.3 Å². The summed E-state index contributed by atoms with van der Waals surface area (Å²) in [6.07, 6.45) is -0.730. The van der Waals surface area contributed by atoms with E-state index in [0.29, 0.717) is 0 Å². The maximum Gasteiger partial charge on any atom is 0.528 e.